The van der Waals surface area contributed by atoms with Gasteiger partial charge in [-0.15, -0.1) is 0 Å². The molecule has 1 fully saturated rings. The van der Waals surface area contributed by atoms with Gasteiger partial charge in [0, 0.05) is 18.3 Å². The highest BCUT2D eigenvalue weighted by molar-refractivity contribution is 6.32. The van der Waals surface area contributed by atoms with Crippen LogP contribution in [0.3, 0.4) is 0 Å². The molecule has 2 radical (unpaired) electrons. The van der Waals surface area contributed by atoms with Crippen molar-refractivity contribution in [1.29, 1.82) is 0 Å². The summed E-state index contributed by atoms with van der Waals surface area (Å²) in [6.07, 6.45) is 3.51. The molecule has 0 aliphatic carbocycles. The molecule has 1 saturated heterocycles. The van der Waals surface area contributed by atoms with Gasteiger partial charge in [-0.2, -0.15) is 0 Å². The van der Waals surface area contributed by atoms with Crippen LogP contribution < -0.4 is 5.46 Å². The van der Waals surface area contributed by atoms with Crippen LogP contribution in [0.15, 0.2) is 18.5 Å². The van der Waals surface area contributed by atoms with Crippen LogP contribution in [0.1, 0.15) is 11.5 Å². The van der Waals surface area contributed by atoms with Gasteiger partial charge in [-0.25, -0.2) is 0 Å². The number of hydrogen-bond donors (Lipinski definition) is 0. The zero-order chi connectivity index (χ0) is 7.68. The monoisotopic (exact) mass is 145 g/mol. The Hall–Kier alpha value is -0.825. The number of ether oxygens (including phenoxy) is 1. The van der Waals surface area contributed by atoms with Gasteiger partial charge in [0.2, 0.25) is 0 Å². The molecular formula is C8H8BNO. The third-order valence-corrected chi connectivity index (χ3v) is 1.89. The van der Waals surface area contributed by atoms with Crippen molar-refractivity contribution in [2.45, 2.75) is 5.92 Å². The van der Waals surface area contributed by atoms with Gasteiger partial charge >= 0.3 is 0 Å². The first-order valence-corrected chi connectivity index (χ1v) is 3.64. The number of aromatic nitrogens is 1. The normalized spacial score (nSPS) is 17.8. The lowest BCUT2D eigenvalue weighted by Gasteiger charge is -2.26. The summed E-state index contributed by atoms with van der Waals surface area (Å²) in [4.78, 5) is 4.01. The SMILES string of the molecule is [B]c1cncc(C2COC2)c1. The molecule has 11 heavy (non-hydrogen) atoms. The first-order chi connectivity index (χ1) is 5.36. The quantitative estimate of drug-likeness (QED) is 0.518. The molecule has 2 heterocycles. The predicted molar refractivity (Wildman–Crippen MR) is 43.2 cm³/mol. The summed E-state index contributed by atoms with van der Waals surface area (Å²) in [6.45, 7) is 1.62. The predicted octanol–water partition coefficient (Wildman–Crippen LogP) is -0.0108. The molecule has 0 N–H and O–H groups in total. The van der Waals surface area contributed by atoms with Crippen LogP contribution in [-0.4, -0.2) is 26.0 Å². The summed E-state index contributed by atoms with van der Waals surface area (Å²) in [5.41, 5.74) is 1.92. The zero-order valence-corrected chi connectivity index (χ0v) is 6.16. The van der Waals surface area contributed by atoms with E-state index in [-0.39, 0.29) is 0 Å². The van der Waals surface area contributed by atoms with E-state index >= 15 is 0 Å². The fraction of sp³-hybridized carbons (Fsp3) is 0.375. The number of nitrogens with zero attached hydrogens (tertiary/aromatic N) is 1. The van der Waals surface area contributed by atoms with Gasteiger partial charge in [0.25, 0.3) is 0 Å². The van der Waals surface area contributed by atoms with Gasteiger partial charge in [-0.3, -0.25) is 4.98 Å². The van der Waals surface area contributed by atoms with Crippen LogP contribution in [-0.2, 0) is 4.74 Å². The molecule has 3 heteroatoms. The molecule has 0 amide bonds. The molecule has 0 atom stereocenters. The average molecular weight is 145 g/mol. The highest BCUT2D eigenvalue weighted by atomic mass is 16.5. The highest BCUT2D eigenvalue weighted by Crippen LogP contribution is 2.21. The number of pyridine rings is 1. The van der Waals surface area contributed by atoms with E-state index in [1.807, 2.05) is 12.3 Å². The number of hydrogen-bond acceptors (Lipinski definition) is 2. The van der Waals surface area contributed by atoms with Crippen LogP contribution >= 0.6 is 0 Å². The Balaban J connectivity index is 2.23. The van der Waals surface area contributed by atoms with Gasteiger partial charge in [0.1, 0.15) is 7.85 Å². The standard InChI is InChI=1S/C8H8BNO/c9-8-1-6(2-10-3-8)7-4-11-5-7/h1-3,7H,4-5H2. The molecule has 2 rings (SSSR count). The maximum absolute atomic E-state index is 5.57. The van der Waals surface area contributed by atoms with Crippen molar-refractivity contribution in [2.75, 3.05) is 13.2 Å². The molecule has 0 unspecified atom stereocenters. The summed E-state index contributed by atoms with van der Waals surface area (Å²) in [6, 6.07) is 1.96. The fourth-order valence-corrected chi connectivity index (χ4v) is 1.13. The molecule has 0 aromatic carbocycles. The van der Waals surface area contributed by atoms with Crippen LogP contribution in [0.25, 0.3) is 0 Å². The lowest BCUT2D eigenvalue weighted by atomic mass is 9.92. The fourth-order valence-electron chi connectivity index (χ4n) is 1.13. The van der Waals surface area contributed by atoms with Crippen molar-refractivity contribution < 1.29 is 4.74 Å². The van der Waals surface area contributed by atoms with Crippen LogP contribution in [0.2, 0.25) is 0 Å². The average Bonchev–Trinajstić information content (AvgIpc) is 1.83. The summed E-state index contributed by atoms with van der Waals surface area (Å²) >= 11 is 0. The Morgan fingerprint density at radius 2 is 2.27 bits per heavy atom. The highest BCUT2D eigenvalue weighted by Gasteiger charge is 2.20. The first-order valence-electron chi connectivity index (χ1n) is 3.64. The molecule has 1 aromatic heterocycles. The molecular weight excluding hydrogens is 137 g/mol. The Labute approximate surface area is 67.0 Å². The van der Waals surface area contributed by atoms with Crippen molar-refractivity contribution in [3.63, 3.8) is 0 Å². The molecule has 1 aromatic rings. The molecule has 1 aliphatic heterocycles. The third-order valence-electron chi connectivity index (χ3n) is 1.89. The van der Waals surface area contributed by atoms with Crippen molar-refractivity contribution in [1.82, 2.24) is 4.98 Å². The molecule has 0 bridgehead atoms. The minimum atomic E-state index is 0.519. The molecule has 54 valence electrons. The number of rotatable bonds is 1. The molecule has 2 nitrogen and oxygen atoms in total. The minimum absolute atomic E-state index is 0.519. The van der Waals surface area contributed by atoms with Gasteiger partial charge < -0.3 is 4.74 Å². The Morgan fingerprint density at radius 3 is 2.82 bits per heavy atom. The van der Waals surface area contributed by atoms with E-state index in [9.17, 15) is 0 Å². The van der Waals surface area contributed by atoms with Crippen LogP contribution in [0.4, 0.5) is 0 Å². The zero-order valence-electron chi connectivity index (χ0n) is 6.16. The van der Waals surface area contributed by atoms with Crippen LogP contribution in [0, 0.1) is 0 Å². The van der Waals surface area contributed by atoms with E-state index in [0.29, 0.717) is 5.92 Å². The van der Waals surface area contributed by atoms with Gasteiger partial charge in [0.15, 0.2) is 0 Å². The summed E-state index contributed by atoms with van der Waals surface area (Å²) in [7, 11) is 5.57. The topological polar surface area (TPSA) is 22.1 Å². The summed E-state index contributed by atoms with van der Waals surface area (Å²) in [5.74, 6) is 0.519. The van der Waals surface area contributed by atoms with Crippen molar-refractivity contribution in [2.24, 2.45) is 0 Å². The van der Waals surface area contributed by atoms with Crippen LogP contribution in [0.5, 0.6) is 0 Å². The summed E-state index contributed by atoms with van der Waals surface area (Å²) in [5, 5.41) is 0. The molecule has 0 saturated carbocycles. The second-order valence-corrected chi connectivity index (χ2v) is 2.79. The van der Waals surface area contributed by atoms with E-state index < -0.39 is 0 Å². The maximum Gasteiger partial charge on any atom is 0.115 e. The minimum Gasteiger partial charge on any atom is -0.380 e. The molecule has 0 spiro atoms. The Kier molecular flexibility index (Phi) is 1.66. The largest absolute Gasteiger partial charge is 0.380 e. The van der Waals surface area contributed by atoms with E-state index in [2.05, 4.69) is 4.98 Å². The lowest BCUT2D eigenvalue weighted by molar-refractivity contribution is 0.00832. The second kappa shape index (κ2) is 2.66. The smallest absolute Gasteiger partial charge is 0.115 e. The van der Waals surface area contributed by atoms with E-state index in [0.717, 1.165) is 18.7 Å². The summed E-state index contributed by atoms with van der Waals surface area (Å²) < 4.78 is 5.06. The third kappa shape index (κ3) is 1.28. The van der Waals surface area contributed by atoms with Gasteiger partial charge in [-0.05, 0) is 5.56 Å². The van der Waals surface area contributed by atoms with Gasteiger partial charge in [-0.1, -0.05) is 11.5 Å². The van der Waals surface area contributed by atoms with Crippen molar-refractivity contribution in [3.8, 4) is 0 Å². The van der Waals surface area contributed by atoms with E-state index in [1.54, 1.807) is 6.20 Å². The Morgan fingerprint density at radius 1 is 1.45 bits per heavy atom. The van der Waals surface area contributed by atoms with Crippen molar-refractivity contribution >= 4 is 13.3 Å². The van der Waals surface area contributed by atoms with E-state index in [4.69, 9.17) is 12.6 Å². The Bertz CT molecular complexity index is 260. The second-order valence-electron chi connectivity index (χ2n) is 2.79. The lowest BCUT2D eigenvalue weighted by Crippen LogP contribution is -2.26. The van der Waals surface area contributed by atoms with E-state index in [1.165, 1.54) is 5.56 Å². The first kappa shape index (κ1) is 6.86. The van der Waals surface area contributed by atoms with Gasteiger partial charge in [0.05, 0.1) is 13.2 Å². The van der Waals surface area contributed by atoms with Crippen molar-refractivity contribution in [3.05, 3.63) is 24.0 Å². The maximum atomic E-state index is 5.57. The molecule has 1 aliphatic rings.